The van der Waals surface area contributed by atoms with E-state index in [0.717, 1.165) is 16.5 Å². The van der Waals surface area contributed by atoms with Gasteiger partial charge in [0.1, 0.15) is 24.5 Å². The molecule has 9 heteroatoms. The quantitative estimate of drug-likeness (QED) is 0.364. The zero-order valence-electron chi connectivity index (χ0n) is 18.8. The van der Waals surface area contributed by atoms with Crippen LogP contribution in [0.25, 0.3) is 22.0 Å². The minimum atomic E-state index is -1.53. The summed E-state index contributed by atoms with van der Waals surface area (Å²) in [6, 6.07) is 14.1. The molecule has 34 heavy (non-hydrogen) atoms. The molecule has 3 rings (SSSR count). The van der Waals surface area contributed by atoms with E-state index in [4.69, 9.17) is 5.11 Å². The number of hydrogen-bond acceptors (Lipinski definition) is 4. The Morgan fingerprint density at radius 1 is 0.971 bits per heavy atom. The topological polar surface area (TPSA) is 128 Å². The highest BCUT2D eigenvalue weighted by molar-refractivity contribution is 6.10. The molecule has 0 radical (unpaired) electrons. The fraction of sp³-hybridized carbons (Fsp3) is 0.280. The maximum atomic E-state index is 13.3. The van der Waals surface area contributed by atoms with Crippen molar-refractivity contribution in [2.24, 2.45) is 5.92 Å². The molecule has 0 aliphatic heterocycles. The van der Waals surface area contributed by atoms with Crippen LogP contribution in [-0.4, -0.2) is 52.4 Å². The van der Waals surface area contributed by atoms with Crippen molar-refractivity contribution in [2.75, 3.05) is 6.67 Å². The van der Waals surface area contributed by atoms with Crippen molar-refractivity contribution in [2.45, 2.75) is 32.4 Å². The number of carbonyl (C=O) groups is 4. The molecule has 2 aromatic carbocycles. The molecule has 2 atom stereocenters. The van der Waals surface area contributed by atoms with E-state index in [1.165, 1.54) is 0 Å². The van der Waals surface area contributed by atoms with Crippen molar-refractivity contribution in [1.29, 1.82) is 0 Å². The highest BCUT2D eigenvalue weighted by Crippen LogP contribution is 2.32. The summed E-state index contributed by atoms with van der Waals surface area (Å²) >= 11 is 0. The second kappa shape index (κ2) is 10.7. The van der Waals surface area contributed by atoms with Crippen LogP contribution in [0, 0.1) is 5.92 Å². The zero-order chi connectivity index (χ0) is 24.8. The standard InChI is InChI=1S/C25H26FN3O5/c1-14(2)22(24(33)28-18(12-20(31)32)19(30)13-26)29-25(34)23-21(15-8-4-3-5-9-15)16-10-6-7-11-17(16)27-23/h3-11,14,18,22,27H,12-13H2,1-2H3,(H,28,33)(H,29,34)(H,31,32)/t18?,22-/m0/s1. The van der Waals surface area contributed by atoms with E-state index in [1.54, 1.807) is 13.8 Å². The number of Topliss-reactive ketones (excluding diaryl/α,β-unsaturated/α-hetero) is 1. The molecule has 3 aromatic rings. The molecule has 0 saturated heterocycles. The van der Waals surface area contributed by atoms with Crippen molar-refractivity contribution < 1.29 is 28.7 Å². The summed E-state index contributed by atoms with van der Waals surface area (Å²) in [5.41, 5.74) is 2.48. The van der Waals surface area contributed by atoms with Gasteiger partial charge in [0.15, 0.2) is 5.78 Å². The van der Waals surface area contributed by atoms with E-state index in [-0.39, 0.29) is 5.69 Å². The first-order valence-electron chi connectivity index (χ1n) is 10.8. The Balaban J connectivity index is 1.91. The summed E-state index contributed by atoms with van der Waals surface area (Å²) in [5.74, 6) is -4.13. The van der Waals surface area contributed by atoms with Gasteiger partial charge in [-0.15, -0.1) is 0 Å². The molecule has 1 heterocycles. The van der Waals surface area contributed by atoms with Crippen LogP contribution < -0.4 is 10.6 Å². The second-order valence-electron chi connectivity index (χ2n) is 8.24. The number of benzene rings is 2. The number of aromatic nitrogens is 1. The van der Waals surface area contributed by atoms with Crippen molar-refractivity contribution in [3.63, 3.8) is 0 Å². The van der Waals surface area contributed by atoms with Crippen molar-refractivity contribution in [3.8, 4) is 11.1 Å². The number of amides is 2. The minimum absolute atomic E-state index is 0.257. The Morgan fingerprint density at radius 2 is 1.62 bits per heavy atom. The molecule has 178 valence electrons. The summed E-state index contributed by atoms with van der Waals surface area (Å²) in [4.78, 5) is 52.2. The number of ketones is 1. The Kier molecular flexibility index (Phi) is 7.78. The summed E-state index contributed by atoms with van der Waals surface area (Å²) in [7, 11) is 0. The molecule has 0 aliphatic rings. The third-order valence-electron chi connectivity index (χ3n) is 5.45. The van der Waals surface area contributed by atoms with Crippen LogP contribution in [0.2, 0.25) is 0 Å². The number of carbonyl (C=O) groups excluding carboxylic acids is 3. The SMILES string of the molecule is CC(C)[C@H](NC(=O)c1[nH]c2ccccc2c1-c1ccccc1)C(=O)NC(CC(=O)O)C(=O)CF. The predicted octanol–water partition coefficient (Wildman–Crippen LogP) is 3.09. The molecule has 0 spiro atoms. The largest absolute Gasteiger partial charge is 0.481 e. The highest BCUT2D eigenvalue weighted by Gasteiger charge is 2.31. The minimum Gasteiger partial charge on any atom is -0.481 e. The number of para-hydroxylation sites is 1. The Hall–Kier alpha value is -4.01. The molecule has 0 bridgehead atoms. The number of alkyl halides is 1. The number of H-pyrrole nitrogens is 1. The zero-order valence-corrected chi connectivity index (χ0v) is 18.8. The van der Waals surface area contributed by atoms with Gasteiger partial charge in [-0.05, 0) is 17.5 Å². The fourth-order valence-electron chi connectivity index (χ4n) is 3.74. The lowest BCUT2D eigenvalue weighted by Gasteiger charge is -2.24. The van der Waals surface area contributed by atoms with Gasteiger partial charge in [-0.3, -0.25) is 19.2 Å². The van der Waals surface area contributed by atoms with Crippen LogP contribution in [0.3, 0.4) is 0 Å². The number of carboxylic acid groups (broad SMARTS) is 1. The van der Waals surface area contributed by atoms with Gasteiger partial charge in [-0.2, -0.15) is 0 Å². The normalized spacial score (nSPS) is 12.8. The molecule has 0 fully saturated rings. The van der Waals surface area contributed by atoms with Crippen molar-refractivity contribution >= 4 is 34.5 Å². The molecule has 0 aliphatic carbocycles. The van der Waals surface area contributed by atoms with E-state index in [9.17, 15) is 23.6 Å². The lowest BCUT2D eigenvalue weighted by molar-refractivity contribution is -0.140. The molecule has 8 nitrogen and oxygen atoms in total. The highest BCUT2D eigenvalue weighted by atomic mass is 19.1. The molecule has 1 aromatic heterocycles. The Bertz CT molecular complexity index is 1210. The Morgan fingerprint density at radius 3 is 2.24 bits per heavy atom. The number of aliphatic carboxylic acids is 1. The fourth-order valence-corrected chi connectivity index (χ4v) is 3.74. The average molecular weight is 467 g/mol. The smallest absolute Gasteiger partial charge is 0.305 e. The number of fused-ring (bicyclic) bond motifs is 1. The van der Waals surface area contributed by atoms with Crippen LogP contribution in [0.5, 0.6) is 0 Å². The maximum absolute atomic E-state index is 13.3. The number of halogens is 1. The van der Waals surface area contributed by atoms with Gasteiger partial charge >= 0.3 is 5.97 Å². The van der Waals surface area contributed by atoms with Gasteiger partial charge in [0.2, 0.25) is 5.91 Å². The van der Waals surface area contributed by atoms with Gasteiger partial charge < -0.3 is 20.7 Å². The molecular weight excluding hydrogens is 441 g/mol. The number of hydrogen-bond donors (Lipinski definition) is 4. The summed E-state index contributed by atoms with van der Waals surface area (Å²) in [5, 5.41) is 14.8. The average Bonchev–Trinajstić information content (AvgIpc) is 3.21. The van der Waals surface area contributed by atoms with Gasteiger partial charge in [-0.1, -0.05) is 62.4 Å². The molecular formula is C25H26FN3O5. The lowest BCUT2D eigenvalue weighted by Crippen LogP contribution is -2.54. The first kappa shape index (κ1) is 24.6. The van der Waals surface area contributed by atoms with Gasteiger partial charge in [0.25, 0.3) is 5.91 Å². The van der Waals surface area contributed by atoms with Gasteiger partial charge in [0.05, 0.1) is 6.42 Å². The van der Waals surface area contributed by atoms with E-state index in [0.29, 0.717) is 5.56 Å². The number of nitrogens with one attached hydrogen (secondary N) is 3. The molecule has 4 N–H and O–H groups in total. The van der Waals surface area contributed by atoms with Crippen LogP contribution in [-0.2, 0) is 14.4 Å². The van der Waals surface area contributed by atoms with Crippen molar-refractivity contribution in [1.82, 2.24) is 15.6 Å². The number of aromatic amines is 1. The van der Waals surface area contributed by atoms with Crippen LogP contribution in [0.1, 0.15) is 30.8 Å². The second-order valence-corrected chi connectivity index (χ2v) is 8.24. The first-order chi connectivity index (χ1) is 16.2. The third kappa shape index (κ3) is 5.48. The van der Waals surface area contributed by atoms with E-state index >= 15 is 0 Å². The molecule has 2 amide bonds. The monoisotopic (exact) mass is 467 g/mol. The maximum Gasteiger partial charge on any atom is 0.305 e. The summed E-state index contributed by atoms with van der Waals surface area (Å²) in [6.45, 7) is 1.97. The van der Waals surface area contributed by atoms with Gasteiger partial charge in [0, 0.05) is 16.5 Å². The third-order valence-corrected chi connectivity index (χ3v) is 5.45. The van der Waals surface area contributed by atoms with E-state index in [2.05, 4.69) is 15.6 Å². The molecule has 0 saturated carbocycles. The predicted molar refractivity (Wildman–Crippen MR) is 125 cm³/mol. The lowest BCUT2D eigenvalue weighted by atomic mass is 9.99. The van der Waals surface area contributed by atoms with Gasteiger partial charge in [-0.25, -0.2) is 4.39 Å². The van der Waals surface area contributed by atoms with E-state index < -0.39 is 54.7 Å². The molecule has 1 unspecified atom stereocenters. The van der Waals surface area contributed by atoms with Crippen LogP contribution in [0.4, 0.5) is 4.39 Å². The number of carboxylic acids is 1. The van der Waals surface area contributed by atoms with Crippen molar-refractivity contribution in [3.05, 3.63) is 60.3 Å². The van der Waals surface area contributed by atoms with Crippen LogP contribution >= 0.6 is 0 Å². The number of rotatable bonds is 10. The van der Waals surface area contributed by atoms with E-state index in [1.807, 2.05) is 54.6 Å². The first-order valence-corrected chi connectivity index (χ1v) is 10.8. The van der Waals surface area contributed by atoms with Crippen LogP contribution in [0.15, 0.2) is 54.6 Å². The summed E-state index contributed by atoms with van der Waals surface area (Å²) in [6.07, 6.45) is -0.757. The summed E-state index contributed by atoms with van der Waals surface area (Å²) < 4.78 is 12.9. The Labute approximate surface area is 195 Å².